The van der Waals surface area contributed by atoms with Crippen LogP contribution in [-0.2, 0) is 17.1 Å². The molecule has 0 aliphatic rings. The van der Waals surface area contributed by atoms with Crippen molar-refractivity contribution < 1.29 is 46.6 Å². The van der Waals surface area contributed by atoms with Gasteiger partial charge in [0.1, 0.15) is 0 Å². The fourth-order valence-electron chi connectivity index (χ4n) is 0. The molecule has 0 saturated heterocycles. The first-order valence-corrected chi connectivity index (χ1v) is 2.19. The summed E-state index contributed by atoms with van der Waals surface area (Å²) in [5.41, 5.74) is 0. The Morgan fingerprint density at radius 2 is 0.400 bits per heavy atom. The van der Waals surface area contributed by atoms with Crippen LogP contribution in [0.3, 0.4) is 0 Å². The molecule has 0 radical (unpaired) electrons. The number of rotatable bonds is 0. The van der Waals surface area contributed by atoms with Crippen LogP contribution in [0, 0.1) is 60.7 Å². The first-order chi connectivity index (χ1) is 8.49. The van der Waals surface area contributed by atoms with E-state index in [0.717, 1.165) is 32.0 Å². The second-order valence-corrected chi connectivity index (χ2v) is 0.447. The Morgan fingerprint density at radius 1 is 0.400 bits per heavy atom. The minimum Gasteiger partial charge on any atom is -0.444 e. The van der Waals surface area contributed by atoms with Gasteiger partial charge in [-0.15, -0.1) is 32.0 Å². The summed E-state index contributed by atoms with van der Waals surface area (Å²) >= 11 is 0. The van der Waals surface area contributed by atoms with Crippen LogP contribution < -0.4 is 29.6 Å². The molecule has 20 heteroatoms. The molecule has 0 aromatic rings. The summed E-state index contributed by atoms with van der Waals surface area (Å²) in [5.74, 6) is 0. The average Bonchev–Trinajstić information content (AvgIpc) is 2.23. The molecule has 0 N–H and O–H groups in total. The zero-order valence-corrected chi connectivity index (χ0v) is 12.0. The summed E-state index contributed by atoms with van der Waals surface area (Å²) in [6, 6.07) is 0. The Balaban J connectivity index is -0.0000000141. The minimum absolute atomic E-state index is 0. The van der Waals surface area contributed by atoms with Crippen molar-refractivity contribution in [2.75, 3.05) is 0 Å². The van der Waals surface area contributed by atoms with Gasteiger partial charge in [-0.05, 0) is 0 Å². The first-order valence-electron chi connectivity index (χ1n) is 2.19. The molecule has 0 unspecified atom stereocenters. The maximum Gasteiger partial charge on any atom is 1.00 e. The number of nitrogens with zero attached hydrogens (tertiary/aromatic N) is 6. The van der Waals surface area contributed by atoms with Crippen LogP contribution in [0.4, 0.5) is 0 Å². The Bertz CT molecular complexity index is 119. The van der Waals surface area contributed by atoms with Crippen LogP contribution in [0.2, 0.25) is 0 Å². The summed E-state index contributed by atoms with van der Waals surface area (Å²) in [7, 11) is 0. The van der Waals surface area contributed by atoms with Crippen molar-refractivity contribution in [2.45, 2.75) is 0 Å². The molecule has 0 aliphatic heterocycles. The quantitative estimate of drug-likeness (QED) is 0.272. The van der Waals surface area contributed by atoms with E-state index < -0.39 is 0 Å². The third kappa shape index (κ3) is 819. The third-order valence-electron chi connectivity index (χ3n) is 0. The smallest absolute Gasteiger partial charge is 0.444 e. The maximum atomic E-state index is 8.00. The molecule has 0 aromatic heterocycles. The molecule has 0 saturated carbocycles. The largest absolute Gasteiger partial charge is 1.00 e. The van der Waals surface area contributed by atoms with Crippen molar-refractivity contribution in [3.63, 3.8) is 0 Å². The Hall–Kier alpha value is -2.08. The van der Waals surface area contributed by atoms with E-state index in [1.54, 1.807) is 0 Å². The second-order valence-electron chi connectivity index (χ2n) is 0.447. The first kappa shape index (κ1) is 52.1. The van der Waals surface area contributed by atoms with Gasteiger partial charge in [0, 0.05) is 17.1 Å². The summed E-state index contributed by atoms with van der Waals surface area (Å²) in [6.45, 7) is 0. The van der Waals surface area contributed by atoms with Gasteiger partial charge in [-0.3, -0.25) is 0 Å². The van der Waals surface area contributed by atoms with Crippen molar-refractivity contribution in [3.8, 4) is 0 Å². The van der Waals surface area contributed by atoms with Crippen LogP contribution in [0.5, 0.6) is 0 Å². The van der Waals surface area contributed by atoms with Gasteiger partial charge in [-0.25, -0.2) is 0 Å². The van der Waals surface area contributed by atoms with Gasteiger partial charge in [0.05, 0.1) is 0 Å². The van der Waals surface area contributed by atoms with E-state index in [2.05, 4.69) is 0 Å². The van der Waals surface area contributed by atoms with Gasteiger partial charge in [0.15, 0.2) is 0 Å². The fraction of sp³-hybridized carbons (Fsp3) is 0. The monoisotopic (exact) mass is 355 g/mol. The molecule has 20 heavy (non-hydrogen) atoms. The molecule has 0 rings (SSSR count). The number of hydrogen-bond donors (Lipinski definition) is 0. The standard InChI is InChI=1S/Fe.6HNO2.Na/c;6*2-1-3;/h;6*(H,2,3);/q;;;;;;;+1/p-6. The summed E-state index contributed by atoms with van der Waals surface area (Å²) in [5, 5.41) is 54.0. The van der Waals surface area contributed by atoms with E-state index in [0.29, 0.717) is 0 Å². The zero-order valence-electron chi connectivity index (χ0n) is 8.94. The zero-order chi connectivity index (χ0) is 16.2. The van der Waals surface area contributed by atoms with Gasteiger partial charge in [-0.1, -0.05) is 0 Å². The molecular formula is FeN6NaO12-5. The molecule has 18 nitrogen and oxygen atoms in total. The minimum atomic E-state index is 0. The van der Waals surface area contributed by atoms with Crippen LogP contribution in [0.1, 0.15) is 0 Å². The van der Waals surface area contributed by atoms with E-state index in [-0.39, 0.29) is 46.6 Å². The third-order valence-corrected chi connectivity index (χ3v) is 0. The van der Waals surface area contributed by atoms with Crippen molar-refractivity contribution in [3.05, 3.63) is 60.7 Å². The molecule has 0 bridgehead atoms. The van der Waals surface area contributed by atoms with Crippen LogP contribution in [-0.4, -0.2) is 0 Å². The van der Waals surface area contributed by atoms with E-state index in [4.69, 9.17) is 60.7 Å². The van der Waals surface area contributed by atoms with Crippen LogP contribution in [0.25, 0.3) is 0 Å². The van der Waals surface area contributed by atoms with E-state index >= 15 is 0 Å². The maximum absolute atomic E-state index is 8.00. The Kier molecular flexibility index (Phi) is 728. The van der Waals surface area contributed by atoms with Gasteiger partial charge < -0.3 is 60.7 Å². The topological polar surface area (TPSA) is 315 Å². The van der Waals surface area contributed by atoms with Crippen LogP contribution >= 0.6 is 0 Å². The van der Waals surface area contributed by atoms with Crippen molar-refractivity contribution in [1.82, 2.24) is 0 Å². The summed E-state index contributed by atoms with van der Waals surface area (Å²) in [4.78, 5) is 48.0. The SMILES string of the molecule is O=N[O-].O=N[O-].O=N[O-].O=N[O-].O=N[O-].O=N[O-].[Fe].[Na+]. The molecule has 0 heterocycles. The van der Waals surface area contributed by atoms with Crippen LogP contribution in [0.15, 0.2) is 32.0 Å². The molecule has 0 amide bonds. The van der Waals surface area contributed by atoms with Gasteiger partial charge in [0.25, 0.3) is 0 Å². The summed E-state index contributed by atoms with van der Waals surface area (Å²) < 4.78 is 0. The number of hydrogen-bond acceptors (Lipinski definition) is 18. The van der Waals surface area contributed by atoms with E-state index in [1.165, 1.54) is 0 Å². The molecule has 0 aromatic carbocycles. The molecular weight excluding hydrogens is 355 g/mol. The van der Waals surface area contributed by atoms with Crippen molar-refractivity contribution in [1.29, 1.82) is 0 Å². The predicted molar refractivity (Wildman–Crippen MR) is 55.0 cm³/mol. The normalized spacial score (nSPS) is 3.60. The van der Waals surface area contributed by atoms with Gasteiger partial charge in [0.2, 0.25) is 0 Å². The predicted octanol–water partition coefficient (Wildman–Crippen LogP) is -1.49. The van der Waals surface area contributed by atoms with Crippen molar-refractivity contribution in [2.24, 2.45) is 32.0 Å². The van der Waals surface area contributed by atoms with Crippen molar-refractivity contribution >= 4 is 0 Å². The van der Waals surface area contributed by atoms with Gasteiger partial charge in [-0.2, -0.15) is 0 Å². The van der Waals surface area contributed by atoms with Gasteiger partial charge >= 0.3 is 29.6 Å². The summed E-state index contributed by atoms with van der Waals surface area (Å²) in [6.07, 6.45) is 0. The average molecular weight is 355 g/mol. The molecule has 0 spiro atoms. The fourth-order valence-corrected chi connectivity index (χ4v) is 0. The molecule has 0 aliphatic carbocycles. The Morgan fingerprint density at radius 3 is 0.400 bits per heavy atom. The Labute approximate surface area is 139 Å². The molecule has 116 valence electrons. The van der Waals surface area contributed by atoms with E-state index in [1.807, 2.05) is 0 Å². The molecule has 0 fully saturated rings. The second kappa shape index (κ2) is 279. The molecule has 0 atom stereocenters. The van der Waals surface area contributed by atoms with E-state index in [9.17, 15) is 0 Å².